The SMILES string of the molecule is CC[C@H](Nc1nc2c(c(=O)n1OC)CN(C(=O)OC(C)(C)C)CC2)c1ccc(Cl)cc1. The number of hydrogen-bond acceptors (Lipinski definition) is 6. The summed E-state index contributed by atoms with van der Waals surface area (Å²) in [5.41, 5.74) is 1.18. The number of ether oxygens (including phenoxy) is 1. The van der Waals surface area contributed by atoms with Crippen LogP contribution in [0.5, 0.6) is 0 Å². The highest BCUT2D eigenvalue weighted by molar-refractivity contribution is 6.30. The molecule has 1 aromatic carbocycles. The molecule has 31 heavy (non-hydrogen) atoms. The summed E-state index contributed by atoms with van der Waals surface area (Å²) in [5, 5.41) is 3.98. The molecule has 1 aliphatic rings. The van der Waals surface area contributed by atoms with Crippen molar-refractivity contribution in [3.8, 4) is 0 Å². The quantitative estimate of drug-likeness (QED) is 0.748. The van der Waals surface area contributed by atoms with Gasteiger partial charge in [0.15, 0.2) is 0 Å². The predicted molar refractivity (Wildman–Crippen MR) is 119 cm³/mol. The van der Waals surface area contributed by atoms with Gasteiger partial charge >= 0.3 is 6.09 Å². The standard InChI is InChI=1S/C22H29ClN4O4/c1-6-17(14-7-9-15(23)10-8-14)24-20-25-18-11-12-26(21(29)31-22(2,3)4)13-16(18)19(28)27(20)30-5/h7-10,17H,6,11-13H2,1-5H3,(H,24,25)/t17-/m0/s1. The minimum atomic E-state index is -0.604. The molecule has 2 aromatic rings. The van der Waals surface area contributed by atoms with E-state index < -0.39 is 11.7 Å². The van der Waals surface area contributed by atoms with Crippen molar-refractivity contribution >= 4 is 23.6 Å². The van der Waals surface area contributed by atoms with Crippen molar-refractivity contribution in [2.45, 2.75) is 58.7 Å². The van der Waals surface area contributed by atoms with Gasteiger partial charge in [0.2, 0.25) is 5.95 Å². The van der Waals surface area contributed by atoms with E-state index in [9.17, 15) is 9.59 Å². The highest BCUT2D eigenvalue weighted by Gasteiger charge is 2.30. The van der Waals surface area contributed by atoms with Crippen LogP contribution in [0.2, 0.25) is 5.02 Å². The average molecular weight is 449 g/mol. The largest absolute Gasteiger partial charge is 0.444 e. The Morgan fingerprint density at radius 2 is 1.97 bits per heavy atom. The Bertz CT molecular complexity index is 998. The first-order valence-corrected chi connectivity index (χ1v) is 10.7. The van der Waals surface area contributed by atoms with Crippen LogP contribution in [0, 0.1) is 0 Å². The molecule has 3 rings (SSSR count). The van der Waals surface area contributed by atoms with Crippen LogP contribution in [0.3, 0.4) is 0 Å². The summed E-state index contributed by atoms with van der Waals surface area (Å²) in [6.07, 6.45) is 0.781. The minimum absolute atomic E-state index is 0.0783. The third kappa shape index (κ3) is 5.31. The molecule has 1 atom stereocenters. The highest BCUT2D eigenvalue weighted by atomic mass is 35.5. The Hall–Kier alpha value is -2.74. The summed E-state index contributed by atoms with van der Waals surface area (Å²) in [7, 11) is 1.42. The fourth-order valence-corrected chi connectivity index (χ4v) is 3.60. The molecular formula is C22H29ClN4O4. The van der Waals surface area contributed by atoms with E-state index in [0.717, 1.165) is 16.7 Å². The molecule has 0 unspecified atom stereocenters. The third-order valence-electron chi connectivity index (χ3n) is 5.01. The Morgan fingerprint density at radius 3 is 2.55 bits per heavy atom. The van der Waals surface area contributed by atoms with E-state index in [1.807, 2.05) is 52.0 Å². The van der Waals surface area contributed by atoms with Crippen molar-refractivity contribution in [2.75, 3.05) is 19.0 Å². The summed E-state index contributed by atoms with van der Waals surface area (Å²) >= 11 is 6.00. The molecule has 0 aliphatic carbocycles. The van der Waals surface area contributed by atoms with Crippen LogP contribution in [0.15, 0.2) is 29.1 Å². The van der Waals surface area contributed by atoms with Gasteiger partial charge in [0.1, 0.15) is 12.7 Å². The zero-order valence-electron chi connectivity index (χ0n) is 18.6. The second kappa shape index (κ2) is 9.18. The van der Waals surface area contributed by atoms with Crippen LogP contribution in [0.1, 0.15) is 57.0 Å². The van der Waals surface area contributed by atoms with E-state index >= 15 is 0 Å². The third-order valence-corrected chi connectivity index (χ3v) is 5.26. The minimum Gasteiger partial charge on any atom is -0.444 e. The molecule has 1 N–H and O–H groups in total. The summed E-state index contributed by atoms with van der Waals surface area (Å²) < 4.78 is 6.58. The normalized spacial score (nSPS) is 14.6. The predicted octanol–water partition coefficient (Wildman–Crippen LogP) is 3.81. The first-order valence-electron chi connectivity index (χ1n) is 10.3. The lowest BCUT2D eigenvalue weighted by molar-refractivity contribution is 0.0219. The van der Waals surface area contributed by atoms with Gasteiger partial charge in [-0.15, -0.1) is 4.73 Å². The zero-order valence-corrected chi connectivity index (χ0v) is 19.3. The monoisotopic (exact) mass is 448 g/mol. The summed E-state index contributed by atoms with van der Waals surface area (Å²) in [4.78, 5) is 37.1. The van der Waals surface area contributed by atoms with Crippen molar-refractivity contribution in [3.63, 3.8) is 0 Å². The van der Waals surface area contributed by atoms with E-state index in [-0.39, 0.29) is 18.1 Å². The molecule has 1 amide bonds. The van der Waals surface area contributed by atoms with Crippen molar-refractivity contribution in [1.29, 1.82) is 0 Å². The molecule has 0 fully saturated rings. The number of fused-ring (bicyclic) bond motifs is 1. The highest BCUT2D eigenvalue weighted by Crippen LogP contribution is 2.24. The number of carbonyl (C=O) groups excluding carboxylic acids is 1. The molecule has 1 aliphatic heterocycles. The van der Waals surface area contributed by atoms with Crippen LogP contribution < -0.4 is 15.7 Å². The molecule has 0 spiro atoms. The maximum absolute atomic E-state index is 13.1. The van der Waals surface area contributed by atoms with E-state index in [1.54, 1.807) is 0 Å². The lowest BCUT2D eigenvalue weighted by atomic mass is 10.0. The van der Waals surface area contributed by atoms with Crippen LogP contribution >= 0.6 is 11.6 Å². The number of rotatable bonds is 5. The number of aromatic nitrogens is 2. The van der Waals surface area contributed by atoms with Gasteiger partial charge in [-0.25, -0.2) is 9.78 Å². The molecule has 9 heteroatoms. The maximum atomic E-state index is 13.1. The van der Waals surface area contributed by atoms with Crippen molar-refractivity contribution in [3.05, 3.63) is 56.5 Å². The van der Waals surface area contributed by atoms with E-state index in [0.29, 0.717) is 35.2 Å². The molecular weight excluding hydrogens is 420 g/mol. The topological polar surface area (TPSA) is 85.7 Å². The van der Waals surface area contributed by atoms with Crippen LogP contribution in [0.25, 0.3) is 0 Å². The lowest BCUT2D eigenvalue weighted by Crippen LogP contribution is -2.44. The van der Waals surface area contributed by atoms with Gasteiger partial charge in [-0.1, -0.05) is 30.7 Å². The van der Waals surface area contributed by atoms with Gasteiger partial charge in [0.05, 0.1) is 23.8 Å². The number of hydrogen-bond donors (Lipinski definition) is 1. The van der Waals surface area contributed by atoms with Gasteiger partial charge in [-0.3, -0.25) is 4.79 Å². The molecule has 1 aromatic heterocycles. The number of carbonyl (C=O) groups is 1. The number of nitrogens with one attached hydrogen (secondary N) is 1. The number of benzene rings is 1. The first-order chi connectivity index (χ1) is 14.6. The van der Waals surface area contributed by atoms with Crippen molar-refractivity contribution in [1.82, 2.24) is 14.6 Å². The molecule has 8 nitrogen and oxygen atoms in total. The smallest absolute Gasteiger partial charge is 0.410 e. The molecule has 0 saturated heterocycles. The van der Waals surface area contributed by atoms with Gasteiger partial charge in [0.25, 0.3) is 5.56 Å². The van der Waals surface area contributed by atoms with Gasteiger partial charge in [-0.2, -0.15) is 0 Å². The second-order valence-electron chi connectivity index (χ2n) is 8.45. The zero-order chi connectivity index (χ0) is 22.8. The molecule has 0 saturated carbocycles. The summed E-state index contributed by atoms with van der Waals surface area (Å²) in [5.74, 6) is 0.332. The maximum Gasteiger partial charge on any atom is 0.410 e. The Morgan fingerprint density at radius 1 is 1.29 bits per heavy atom. The number of halogens is 1. The van der Waals surface area contributed by atoms with E-state index in [1.165, 1.54) is 12.0 Å². The summed E-state index contributed by atoms with van der Waals surface area (Å²) in [6, 6.07) is 7.46. The van der Waals surface area contributed by atoms with E-state index in [2.05, 4.69) is 10.3 Å². The average Bonchev–Trinajstić information content (AvgIpc) is 2.71. The van der Waals surface area contributed by atoms with Gasteiger partial charge < -0.3 is 19.8 Å². The number of amides is 1. The number of nitrogens with zero attached hydrogens (tertiary/aromatic N) is 3. The molecule has 2 heterocycles. The fraction of sp³-hybridized carbons (Fsp3) is 0.500. The van der Waals surface area contributed by atoms with Gasteiger partial charge in [0, 0.05) is 18.0 Å². The second-order valence-corrected chi connectivity index (χ2v) is 8.89. The van der Waals surface area contributed by atoms with Crippen LogP contribution in [0.4, 0.5) is 10.7 Å². The van der Waals surface area contributed by atoms with Gasteiger partial charge in [-0.05, 0) is 44.9 Å². The molecule has 0 radical (unpaired) electrons. The lowest BCUT2D eigenvalue weighted by Gasteiger charge is -2.31. The Balaban J connectivity index is 1.89. The Labute approximate surface area is 187 Å². The van der Waals surface area contributed by atoms with Crippen LogP contribution in [-0.2, 0) is 17.7 Å². The molecule has 168 valence electrons. The Kier molecular flexibility index (Phi) is 6.79. The number of anilines is 1. The first kappa shape index (κ1) is 22.9. The fourth-order valence-electron chi connectivity index (χ4n) is 3.47. The molecule has 0 bridgehead atoms. The summed E-state index contributed by atoms with van der Waals surface area (Å²) in [6.45, 7) is 8.03. The van der Waals surface area contributed by atoms with Crippen molar-refractivity contribution < 1.29 is 14.4 Å². The van der Waals surface area contributed by atoms with Crippen molar-refractivity contribution in [2.24, 2.45) is 0 Å². The van der Waals surface area contributed by atoms with Crippen LogP contribution in [-0.4, -0.2) is 40.0 Å². The van der Waals surface area contributed by atoms with E-state index in [4.69, 9.17) is 21.2 Å².